The highest BCUT2D eigenvalue weighted by Gasteiger charge is 2.24. The lowest BCUT2D eigenvalue weighted by atomic mass is 9.95. The summed E-state index contributed by atoms with van der Waals surface area (Å²) in [4.78, 5) is 18.2. The molecule has 2 aromatic carbocycles. The van der Waals surface area contributed by atoms with Gasteiger partial charge in [-0.1, -0.05) is 57.5 Å². The van der Waals surface area contributed by atoms with Crippen LogP contribution in [0.4, 0.5) is 0 Å². The van der Waals surface area contributed by atoms with Crippen molar-refractivity contribution in [2.45, 2.75) is 47.0 Å². The lowest BCUT2D eigenvalue weighted by Gasteiger charge is -2.22. The number of hydrogen-bond acceptors (Lipinski definition) is 5. The van der Waals surface area contributed by atoms with E-state index in [2.05, 4.69) is 73.7 Å². The van der Waals surface area contributed by atoms with E-state index in [0.29, 0.717) is 44.9 Å². The van der Waals surface area contributed by atoms with Crippen molar-refractivity contribution in [2.75, 3.05) is 13.7 Å². The Labute approximate surface area is 225 Å². The Kier molecular flexibility index (Phi) is 7.99. The summed E-state index contributed by atoms with van der Waals surface area (Å²) in [7, 11) is 1.59. The van der Waals surface area contributed by atoms with Gasteiger partial charge < -0.3 is 9.47 Å². The van der Waals surface area contributed by atoms with Crippen molar-refractivity contribution in [1.29, 1.82) is 0 Å². The topological polar surface area (TPSA) is 65.7 Å². The third-order valence-electron chi connectivity index (χ3n) is 4.82. The smallest absolute Gasteiger partial charge is 0.282 e. The van der Waals surface area contributed by atoms with E-state index in [-0.39, 0.29) is 11.0 Å². The maximum atomic E-state index is 13.4. The SMILES string of the molecule is COc1cc(C=Nn2c(C(C)(C)C)nc3ccc(Br)cc3c2=O)c(Br)c(Br)c1OCC(C)(C)C. The first-order valence-electron chi connectivity index (χ1n) is 10.7. The number of rotatable bonds is 5. The standard InChI is InChI=1S/C25H28Br3N3O3/c1-24(2,3)13-34-21-18(33-7)10-14(19(27)20(21)28)12-29-31-22(32)16-11-15(26)8-9-17(16)30-23(31)25(4,5)6/h8-12H,13H2,1-7H3. The predicted octanol–water partition coefficient (Wildman–Crippen LogP) is 7.30. The molecular weight excluding hydrogens is 630 g/mol. The summed E-state index contributed by atoms with van der Waals surface area (Å²) in [6.45, 7) is 12.8. The molecule has 0 bridgehead atoms. The minimum Gasteiger partial charge on any atom is -0.493 e. The highest BCUT2D eigenvalue weighted by atomic mass is 79.9. The summed E-state index contributed by atoms with van der Waals surface area (Å²) in [5.74, 6) is 1.73. The molecular formula is C25H28Br3N3O3. The molecule has 0 saturated carbocycles. The van der Waals surface area contributed by atoms with Crippen LogP contribution >= 0.6 is 47.8 Å². The van der Waals surface area contributed by atoms with Crippen LogP contribution in [0.25, 0.3) is 10.9 Å². The third-order valence-corrected chi connectivity index (χ3v) is 7.45. The van der Waals surface area contributed by atoms with Gasteiger partial charge in [-0.25, -0.2) is 4.98 Å². The van der Waals surface area contributed by atoms with Gasteiger partial charge in [-0.05, 0) is 61.5 Å². The summed E-state index contributed by atoms with van der Waals surface area (Å²) >= 11 is 10.7. The molecule has 6 nitrogen and oxygen atoms in total. The molecule has 1 heterocycles. The fourth-order valence-corrected chi connectivity index (χ4v) is 4.43. The Morgan fingerprint density at radius 2 is 1.74 bits per heavy atom. The largest absolute Gasteiger partial charge is 0.493 e. The molecule has 3 rings (SSSR count). The highest BCUT2D eigenvalue weighted by molar-refractivity contribution is 9.13. The number of benzene rings is 2. The summed E-state index contributed by atoms with van der Waals surface area (Å²) < 4.78 is 15.3. The molecule has 3 aromatic rings. The first-order chi connectivity index (χ1) is 15.7. The second-order valence-corrected chi connectivity index (χ2v) is 12.7. The lowest BCUT2D eigenvalue weighted by Crippen LogP contribution is -2.29. The van der Waals surface area contributed by atoms with E-state index in [1.807, 2.05) is 39.0 Å². The third kappa shape index (κ3) is 5.91. The van der Waals surface area contributed by atoms with Gasteiger partial charge >= 0.3 is 0 Å². The van der Waals surface area contributed by atoms with E-state index < -0.39 is 5.41 Å². The lowest BCUT2D eigenvalue weighted by molar-refractivity contribution is 0.190. The van der Waals surface area contributed by atoms with Gasteiger partial charge in [0, 0.05) is 19.9 Å². The average molecular weight is 658 g/mol. The Balaban J connectivity index is 2.15. The van der Waals surface area contributed by atoms with Crippen LogP contribution in [-0.2, 0) is 5.41 Å². The van der Waals surface area contributed by atoms with Crippen LogP contribution in [-0.4, -0.2) is 29.6 Å². The summed E-state index contributed by atoms with van der Waals surface area (Å²) in [6, 6.07) is 7.29. The molecule has 0 radical (unpaired) electrons. The first-order valence-corrected chi connectivity index (χ1v) is 13.1. The number of nitrogens with zero attached hydrogens (tertiary/aromatic N) is 3. The first kappa shape index (κ1) is 26.9. The molecule has 34 heavy (non-hydrogen) atoms. The van der Waals surface area contributed by atoms with Gasteiger partial charge in [-0.2, -0.15) is 9.78 Å². The van der Waals surface area contributed by atoms with Gasteiger partial charge in [-0.15, -0.1) is 0 Å². The molecule has 9 heteroatoms. The fraction of sp³-hybridized carbons (Fsp3) is 0.400. The van der Waals surface area contributed by atoms with Gasteiger partial charge in [0.05, 0.1) is 35.3 Å². The van der Waals surface area contributed by atoms with Crippen LogP contribution in [0.5, 0.6) is 11.5 Å². The molecule has 0 unspecified atom stereocenters. The molecule has 0 saturated heterocycles. The summed E-state index contributed by atoms with van der Waals surface area (Å²) in [6.07, 6.45) is 1.62. The van der Waals surface area contributed by atoms with Crippen LogP contribution in [0, 0.1) is 5.41 Å². The number of methoxy groups -OCH3 is 1. The zero-order valence-corrected chi connectivity index (χ0v) is 25.1. The number of fused-ring (bicyclic) bond motifs is 1. The van der Waals surface area contributed by atoms with E-state index in [0.717, 1.165) is 8.95 Å². The predicted molar refractivity (Wildman–Crippen MR) is 149 cm³/mol. The highest BCUT2D eigenvalue weighted by Crippen LogP contribution is 2.43. The van der Waals surface area contributed by atoms with E-state index in [4.69, 9.17) is 14.5 Å². The van der Waals surface area contributed by atoms with Gasteiger partial charge in [0.25, 0.3) is 5.56 Å². The number of halogens is 3. The van der Waals surface area contributed by atoms with E-state index in [1.165, 1.54) is 4.68 Å². The molecule has 0 amide bonds. The quantitative estimate of drug-likeness (QED) is 0.270. The summed E-state index contributed by atoms with van der Waals surface area (Å²) in [5, 5.41) is 5.06. The number of aromatic nitrogens is 2. The van der Waals surface area contributed by atoms with E-state index in [1.54, 1.807) is 19.4 Å². The molecule has 0 spiro atoms. The van der Waals surface area contributed by atoms with Crippen LogP contribution in [0.15, 0.2) is 47.6 Å². The van der Waals surface area contributed by atoms with Crippen LogP contribution in [0.1, 0.15) is 52.9 Å². The number of ether oxygens (including phenoxy) is 2. The summed E-state index contributed by atoms with van der Waals surface area (Å²) in [5.41, 5.74) is 0.695. The van der Waals surface area contributed by atoms with E-state index >= 15 is 0 Å². The average Bonchev–Trinajstić information content (AvgIpc) is 2.73. The van der Waals surface area contributed by atoms with Crippen molar-refractivity contribution in [2.24, 2.45) is 10.5 Å². The maximum Gasteiger partial charge on any atom is 0.282 e. The molecule has 182 valence electrons. The second kappa shape index (κ2) is 10.1. The Morgan fingerprint density at radius 3 is 2.32 bits per heavy atom. The van der Waals surface area contributed by atoms with Crippen molar-refractivity contribution in [1.82, 2.24) is 9.66 Å². The monoisotopic (exact) mass is 655 g/mol. The van der Waals surface area contributed by atoms with Gasteiger partial charge in [0.1, 0.15) is 5.82 Å². The molecule has 0 aliphatic heterocycles. The van der Waals surface area contributed by atoms with Crippen LogP contribution in [0.2, 0.25) is 0 Å². The molecule has 0 N–H and O–H groups in total. The van der Waals surface area contributed by atoms with Crippen LogP contribution in [0.3, 0.4) is 0 Å². The fourth-order valence-electron chi connectivity index (χ4n) is 3.13. The van der Waals surface area contributed by atoms with Crippen molar-refractivity contribution >= 4 is 64.9 Å². The Bertz CT molecular complexity index is 1320. The maximum absolute atomic E-state index is 13.4. The Morgan fingerprint density at radius 1 is 1.06 bits per heavy atom. The van der Waals surface area contributed by atoms with E-state index in [9.17, 15) is 4.79 Å². The van der Waals surface area contributed by atoms with Crippen molar-refractivity contribution in [3.05, 3.63) is 59.4 Å². The molecule has 0 aliphatic carbocycles. The van der Waals surface area contributed by atoms with Gasteiger partial charge in [-0.3, -0.25) is 4.79 Å². The normalized spacial score (nSPS) is 12.5. The molecule has 1 aromatic heterocycles. The molecule has 0 fully saturated rings. The van der Waals surface area contributed by atoms with Gasteiger partial charge in [0.2, 0.25) is 0 Å². The minimum absolute atomic E-state index is 0.0142. The zero-order valence-electron chi connectivity index (χ0n) is 20.3. The molecule has 0 aliphatic rings. The van der Waals surface area contributed by atoms with Crippen molar-refractivity contribution in [3.8, 4) is 11.5 Å². The zero-order chi connectivity index (χ0) is 25.4. The van der Waals surface area contributed by atoms with Gasteiger partial charge in [0.15, 0.2) is 11.5 Å². The van der Waals surface area contributed by atoms with Crippen LogP contribution < -0.4 is 15.0 Å². The van der Waals surface area contributed by atoms with Crippen molar-refractivity contribution in [3.63, 3.8) is 0 Å². The molecule has 0 atom stereocenters. The van der Waals surface area contributed by atoms with Crippen molar-refractivity contribution < 1.29 is 9.47 Å². The number of hydrogen-bond donors (Lipinski definition) is 0. The minimum atomic E-state index is -0.405. The second-order valence-electron chi connectivity index (χ2n) is 10.2. The Hall–Kier alpha value is -1.71.